The van der Waals surface area contributed by atoms with E-state index in [1.165, 1.54) is 0 Å². The minimum Gasteiger partial charge on any atom is -0.479 e. The summed E-state index contributed by atoms with van der Waals surface area (Å²) in [5.74, 6) is -0.973. The van der Waals surface area contributed by atoms with Gasteiger partial charge in [0.2, 0.25) is 6.10 Å². The number of hydroxylamine groups is 1. The van der Waals surface area contributed by atoms with Crippen molar-refractivity contribution in [2.75, 3.05) is 11.9 Å². The maximum atomic E-state index is 10.9. The summed E-state index contributed by atoms with van der Waals surface area (Å²) in [7, 11) is 0. The molecule has 0 fully saturated rings. The predicted octanol–water partition coefficient (Wildman–Crippen LogP) is 0.811. The molecule has 2 aliphatic rings. The number of hydrogen-bond donors (Lipinski definition) is 3. The van der Waals surface area contributed by atoms with E-state index in [9.17, 15) is 4.79 Å². The summed E-state index contributed by atoms with van der Waals surface area (Å²) in [6, 6.07) is 7.72. The fourth-order valence-electron chi connectivity index (χ4n) is 2.04. The van der Waals surface area contributed by atoms with E-state index in [0.717, 1.165) is 22.5 Å². The Morgan fingerprint density at radius 2 is 2.25 bits per heavy atom. The minimum atomic E-state index is -0.973. The van der Waals surface area contributed by atoms with Crippen LogP contribution in [0.25, 0.3) is 5.70 Å². The number of hydrogen-bond acceptors (Lipinski definition) is 4. The van der Waals surface area contributed by atoms with Gasteiger partial charge in [0, 0.05) is 23.4 Å². The van der Waals surface area contributed by atoms with E-state index >= 15 is 0 Å². The summed E-state index contributed by atoms with van der Waals surface area (Å²) >= 11 is 0. The number of carbonyl (C=O) groups is 1. The Balaban J connectivity index is 2.10. The van der Waals surface area contributed by atoms with Crippen LogP contribution < -0.4 is 10.8 Å². The Labute approximate surface area is 91.7 Å². The Kier molecular flexibility index (Phi) is 1.87. The summed E-state index contributed by atoms with van der Waals surface area (Å²) in [5.41, 5.74) is 6.17. The lowest BCUT2D eigenvalue weighted by atomic mass is 9.98. The fourth-order valence-corrected chi connectivity index (χ4v) is 2.04. The number of rotatable bonds is 1. The van der Waals surface area contributed by atoms with Gasteiger partial charge in [0.1, 0.15) is 0 Å². The Morgan fingerprint density at radius 1 is 1.44 bits per heavy atom. The number of para-hydroxylation sites is 1. The molecular weight excluding hydrogens is 208 g/mol. The largest absolute Gasteiger partial charge is 0.479 e. The Bertz CT molecular complexity index is 496. The molecule has 1 unspecified atom stereocenters. The highest BCUT2D eigenvalue weighted by Crippen LogP contribution is 2.34. The number of carboxylic acid groups (broad SMARTS) is 1. The number of anilines is 1. The average Bonchev–Trinajstić information content (AvgIpc) is 2.73. The summed E-state index contributed by atoms with van der Waals surface area (Å²) in [6.45, 7) is 0.496. The van der Waals surface area contributed by atoms with Crippen LogP contribution in [0, 0.1) is 0 Å². The van der Waals surface area contributed by atoms with E-state index in [4.69, 9.17) is 9.94 Å². The third-order valence-corrected chi connectivity index (χ3v) is 2.81. The van der Waals surface area contributed by atoms with E-state index in [0.29, 0.717) is 6.54 Å². The summed E-state index contributed by atoms with van der Waals surface area (Å²) in [6.07, 6.45) is -0.893. The van der Waals surface area contributed by atoms with Crippen molar-refractivity contribution in [3.05, 3.63) is 35.4 Å². The van der Waals surface area contributed by atoms with Crippen molar-refractivity contribution < 1.29 is 14.7 Å². The number of fused-ring (bicyclic) bond motifs is 2. The molecule has 16 heavy (non-hydrogen) atoms. The second-order valence-electron chi connectivity index (χ2n) is 3.74. The second kappa shape index (κ2) is 3.24. The van der Waals surface area contributed by atoms with Gasteiger partial charge in [-0.25, -0.2) is 4.79 Å². The monoisotopic (exact) mass is 218 g/mol. The number of carboxylic acids is 1. The molecule has 1 atom stereocenters. The van der Waals surface area contributed by atoms with Crippen LogP contribution in [0.1, 0.15) is 5.56 Å². The molecular formula is C11H10N2O3. The van der Waals surface area contributed by atoms with Crippen LogP contribution in [0.3, 0.4) is 0 Å². The highest BCUT2D eigenvalue weighted by atomic mass is 16.7. The zero-order chi connectivity index (χ0) is 11.1. The lowest BCUT2D eigenvalue weighted by molar-refractivity contribution is -0.148. The van der Waals surface area contributed by atoms with E-state index in [2.05, 4.69) is 10.8 Å². The van der Waals surface area contributed by atoms with Crippen molar-refractivity contribution in [1.82, 2.24) is 5.48 Å². The van der Waals surface area contributed by atoms with Crippen molar-refractivity contribution in [2.45, 2.75) is 6.10 Å². The minimum absolute atomic E-state index is 0.496. The number of nitrogens with one attached hydrogen (secondary N) is 2. The first-order valence-electron chi connectivity index (χ1n) is 4.98. The van der Waals surface area contributed by atoms with Crippen LogP contribution >= 0.6 is 0 Å². The fraction of sp³-hybridized carbons (Fsp3) is 0.182. The van der Waals surface area contributed by atoms with Gasteiger partial charge in [-0.1, -0.05) is 18.2 Å². The maximum Gasteiger partial charge on any atom is 0.340 e. The van der Waals surface area contributed by atoms with Gasteiger partial charge in [-0.2, -0.15) is 0 Å². The highest BCUT2D eigenvalue weighted by Gasteiger charge is 2.35. The highest BCUT2D eigenvalue weighted by molar-refractivity contribution is 5.88. The normalized spacial score (nSPS) is 21.9. The predicted molar refractivity (Wildman–Crippen MR) is 57.5 cm³/mol. The van der Waals surface area contributed by atoms with E-state index in [-0.39, 0.29) is 0 Å². The molecule has 0 spiro atoms. The summed E-state index contributed by atoms with van der Waals surface area (Å²) < 4.78 is 0. The smallest absolute Gasteiger partial charge is 0.340 e. The number of benzene rings is 1. The standard InChI is InChI=1S/C11H10N2O3/c14-11(15)10-7-5-12-8-4-2-1-3-6(8)9(7)13-16-10/h1-4,10,12-13H,5H2,(H,14,15). The lowest BCUT2D eigenvalue weighted by Gasteiger charge is -2.19. The SMILES string of the molecule is O=C(O)C1ONC2=C1CNc1ccccc12. The van der Waals surface area contributed by atoms with Gasteiger partial charge in [0.25, 0.3) is 0 Å². The first-order valence-corrected chi connectivity index (χ1v) is 4.98. The van der Waals surface area contributed by atoms with Gasteiger partial charge < -0.3 is 10.4 Å². The second-order valence-corrected chi connectivity index (χ2v) is 3.74. The molecule has 0 aromatic heterocycles. The van der Waals surface area contributed by atoms with Crippen LogP contribution in [0.15, 0.2) is 29.8 Å². The van der Waals surface area contributed by atoms with Gasteiger partial charge in [-0.15, -0.1) is 0 Å². The molecule has 1 aromatic carbocycles. The third-order valence-electron chi connectivity index (χ3n) is 2.81. The topological polar surface area (TPSA) is 70.6 Å². The van der Waals surface area contributed by atoms with Crippen molar-refractivity contribution in [3.8, 4) is 0 Å². The Morgan fingerprint density at radius 3 is 3.06 bits per heavy atom. The molecule has 5 nitrogen and oxygen atoms in total. The molecule has 2 heterocycles. The van der Waals surface area contributed by atoms with Gasteiger partial charge in [0.05, 0.1) is 5.70 Å². The van der Waals surface area contributed by atoms with Crippen LogP contribution in [-0.2, 0) is 9.63 Å². The van der Waals surface area contributed by atoms with Gasteiger partial charge >= 0.3 is 5.97 Å². The van der Waals surface area contributed by atoms with Crippen LogP contribution in [0.5, 0.6) is 0 Å². The zero-order valence-electron chi connectivity index (χ0n) is 8.36. The molecule has 1 aromatic rings. The zero-order valence-corrected chi connectivity index (χ0v) is 8.36. The maximum absolute atomic E-state index is 10.9. The lowest BCUT2D eigenvalue weighted by Crippen LogP contribution is -2.27. The first-order chi connectivity index (χ1) is 7.77. The van der Waals surface area contributed by atoms with E-state index in [1.54, 1.807) is 0 Å². The molecule has 82 valence electrons. The van der Waals surface area contributed by atoms with Crippen LogP contribution in [-0.4, -0.2) is 23.7 Å². The van der Waals surface area contributed by atoms with Gasteiger partial charge in [-0.3, -0.25) is 10.3 Å². The first kappa shape index (κ1) is 9.23. The molecule has 3 N–H and O–H groups in total. The molecule has 0 saturated heterocycles. The number of aliphatic carboxylic acids is 1. The molecule has 3 rings (SSSR count). The summed E-state index contributed by atoms with van der Waals surface area (Å²) in [4.78, 5) is 16.0. The van der Waals surface area contributed by atoms with Crippen molar-refractivity contribution in [1.29, 1.82) is 0 Å². The Hall–Kier alpha value is -2.01. The quantitative estimate of drug-likeness (QED) is 0.650. The average molecular weight is 218 g/mol. The molecule has 0 aliphatic carbocycles. The van der Waals surface area contributed by atoms with Crippen molar-refractivity contribution in [3.63, 3.8) is 0 Å². The van der Waals surface area contributed by atoms with Crippen LogP contribution in [0.4, 0.5) is 5.69 Å². The van der Waals surface area contributed by atoms with Crippen molar-refractivity contribution >= 4 is 17.4 Å². The molecule has 0 radical (unpaired) electrons. The summed E-state index contributed by atoms with van der Waals surface area (Å²) in [5, 5.41) is 12.2. The van der Waals surface area contributed by atoms with Gasteiger partial charge in [-0.05, 0) is 6.07 Å². The molecule has 0 bridgehead atoms. The van der Waals surface area contributed by atoms with Gasteiger partial charge in [0.15, 0.2) is 0 Å². The molecule has 2 aliphatic heterocycles. The molecule has 5 heteroatoms. The van der Waals surface area contributed by atoms with E-state index in [1.807, 2.05) is 24.3 Å². The molecule has 0 saturated carbocycles. The van der Waals surface area contributed by atoms with Crippen LogP contribution in [0.2, 0.25) is 0 Å². The molecule has 0 amide bonds. The van der Waals surface area contributed by atoms with E-state index < -0.39 is 12.1 Å². The third kappa shape index (κ3) is 1.18. The van der Waals surface area contributed by atoms with Crippen molar-refractivity contribution in [2.24, 2.45) is 0 Å².